The van der Waals surface area contributed by atoms with Gasteiger partial charge in [0.05, 0.1) is 31.6 Å². The molecule has 2 heterocycles. The van der Waals surface area contributed by atoms with Crippen molar-refractivity contribution in [2.45, 2.75) is 19.6 Å². The molecule has 0 spiro atoms. The highest BCUT2D eigenvalue weighted by Crippen LogP contribution is 2.17. The Bertz CT molecular complexity index is 1220. The first-order chi connectivity index (χ1) is 14.8. The third-order valence-corrected chi connectivity index (χ3v) is 4.80. The van der Waals surface area contributed by atoms with Gasteiger partial charge in [0, 0.05) is 14.1 Å². The van der Waals surface area contributed by atoms with Crippen LogP contribution in [0.4, 0.5) is 5.95 Å². The van der Waals surface area contributed by atoms with E-state index in [4.69, 9.17) is 4.74 Å². The second-order valence-corrected chi connectivity index (χ2v) is 7.08. The van der Waals surface area contributed by atoms with Gasteiger partial charge >= 0.3 is 5.69 Å². The zero-order chi connectivity index (χ0) is 22.5. The quantitative estimate of drug-likeness (QED) is 0.227. The highest BCUT2D eigenvalue weighted by atomic mass is 16.5. The molecule has 3 aromatic rings. The normalized spacial score (nSPS) is 12.8. The van der Waals surface area contributed by atoms with Crippen LogP contribution in [0.3, 0.4) is 0 Å². The second-order valence-electron chi connectivity index (χ2n) is 7.08. The summed E-state index contributed by atoms with van der Waals surface area (Å²) < 4.78 is 9.11. The maximum atomic E-state index is 12.8. The average Bonchev–Trinajstić information content (AvgIpc) is 3.13. The van der Waals surface area contributed by atoms with Crippen molar-refractivity contribution in [3.63, 3.8) is 0 Å². The predicted molar refractivity (Wildman–Crippen MR) is 120 cm³/mol. The lowest BCUT2D eigenvalue weighted by atomic mass is 10.1. The Kier molecular flexibility index (Phi) is 6.83. The third kappa shape index (κ3) is 4.65. The molecule has 0 amide bonds. The Morgan fingerprint density at radius 2 is 2.00 bits per heavy atom. The maximum absolute atomic E-state index is 12.8. The summed E-state index contributed by atoms with van der Waals surface area (Å²) in [6, 6.07) is 9.56. The summed E-state index contributed by atoms with van der Waals surface area (Å²) in [6.45, 7) is 5.76. The fourth-order valence-corrected chi connectivity index (χ4v) is 3.14. The standard InChI is InChI=1S/C21H26N6O4/c1-5-11-31-13-16(28)12-27-17-18(25(3)21(30)26(4)19(17)29)22-20(27)24-23-14(2)15-9-7-6-8-10-15/h5-10,16,28H,1,11-13H2,2-4H3,(H,22,24)/b23-14-/t16-/m0/s1. The molecular weight excluding hydrogens is 400 g/mol. The third-order valence-electron chi connectivity index (χ3n) is 4.80. The first-order valence-corrected chi connectivity index (χ1v) is 9.73. The number of benzene rings is 1. The van der Waals surface area contributed by atoms with Crippen molar-refractivity contribution in [1.82, 2.24) is 18.7 Å². The number of nitrogens with zero attached hydrogens (tertiary/aromatic N) is 5. The molecule has 1 aromatic carbocycles. The van der Waals surface area contributed by atoms with Gasteiger partial charge < -0.3 is 14.4 Å². The molecule has 0 fully saturated rings. The summed E-state index contributed by atoms with van der Waals surface area (Å²) in [6.07, 6.45) is 0.665. The van der Waals surface area contributed by atoms with E-state index >= 15 is 0 Å². The molecule has 1 atom stereocenters. The van der Waals surface area contributed by atoms with E-state index in [1.54, 1.807) is 6.08 Å². The summed E-state index contributed by atoms with van der Waals surface area (Å²) in [5.74, 6) is 0.228. The molecule has 0 aliphatic carbocycles. The summed E-state index contributed by atoms with van der Waals surface area (Å²) >= 11 is 0. The molecule has 2 N–H and O–H groups in total. The van der Waals surface area contributed by atoms with Crippen molar-refractivity contribution >= 4 is 22.8 Å². The van der Waals surface area contributed by atoms with E-state index in [0.717, 1.165) is 10.1 Å². The number of hydrazone groups is 1. The smallest absolute Gasteiger partial charge is 0.332 e. The molecule has 0 aliphatic rings. The van der Waals surface area contributed by atoms with E-state index in [0.29, 0.717) is 12.3 Å². The Balaban J connectivity index is 2.05. The maximum Gasteiger partial charge on any atom is 0.332 e. The number of aliphatic hydroxyl groups excluding tert-OH is 1. The largest absolute Gasteiger partial charge is 0.389 e. The lowest BCUT2D eigenvalue weighted by Gasteiger charge is -2.14. The number of hydrogen-bond donors (Lipinski definition) is 2. The Hall–Kier alpha value is -3.50. The van der Waals surface area contributed by atoms with Crippen molar-refractivity contribution in [3.05, 3.63) is 69.4 Å². The van der Waals surface area contributed by atoms with E-state index in [1.807, 2.05) is 37.3 Å². The molecule has 10 nitrogen and oxygen atoms in total. The molecule has 10 heteroatoms. The van der Waals surface area contributed by atoms with Crippen molar-refractivity contribution in [2.75, 3.05) is 18.6 Å². The van der Waals surface area contributed by atoms with Gasteiger partial charge in [0.2, 0.25) is 5.95 Å². The second kappa shape index (κ2) is 9.54. The van der Waals surface area contributed by atoms with E-state index < -0.39 is 17.4 Å². The number of aryl methyl sites for hydroxylation is 1. The van der Waals surface area contributed by atoms with E-state index in [-0.39, 0.29) is 30.3 Å². The van der Waals surface area contributed by atoms with Gasteiger partial charge in [0.15, 0.2) is 11.2 Å². The van der Waals surface area contributed by atoms with Gasteiger partial charge in [-0.3, -0.25) is 13.9 Å². The van der Waals surface area contributed by atoms with Crippen LogP contribution < -0.4 is 16.7 Å². The first-order valence-electron chi connectivity index (χ1n) is 9.73. The zero-order valence-corrected chi connectivity index (χ0v) is 17.8. The fourth-order valence-electron chi connectivity index (χ4n) is 3.14. The Labute approximate surface area is 178 Å². The fraction of sp³-hybridized carbons (Fsp3) is 0.333. The number of nitrogens with one attached hydrogen (secondary N) is 1. The van der Waals surface area contributed by atoms with Gasteiger partial charge in [-0.1, -0.05) is 36.4 Å². The number of imidazole rings is 1. The molecular formula is C21H26N6O4. The van der Waals surface area contributed by atoms with Crippen LogP contribution in [0.2, 0.25) is 0 Å². The first kappa shape index (κ1) is 22.2. The summed E-state index contributed by atoms with van der Waals surface area (Å²) in [4.78, 5) is 29.6. The van der Waals surface area contributed by atoms with Crippen molar-refractivity contribution in [1.29, 1.82) is 0 Å². The van der Waals surface area contributed by atoms with Gasteiger partial charge in [0.25, 0.3) is 5.56 Å². The van der Waals surface area contributed by atoms with Crippen LogP contribution in [0.25, 0.3) is 11.2 Å². The summed E-state index contributed by atoms with van der Waals surface area (Å²) in [5.41, 5.74) is 3.87. The van der Waals surface area contributed by atoms with E-state index in [2.05, 4.69) is 22.1 Å². The van der Waals surface area contributed by atoms with Crippen LogP contribution in [0.1, 0.15) is 12.5 Å². The molecule has 3 rings (SSSR count). The lowest BCUT2D eigenvalue weighted by molar-refractivity contribution is 0.0405. The van der Waals surface area contributed by atoms with E-state index in [1.165, 1.54) is 23.2 Å². The molecule has 31 heavy (non-hydrogen) atoms. The van der Waals surface area contributed by atoms with Crippen LogP contribution >= 0.6 is 0 Å². The number of aliphatic hydroxyl groups is 1. The number of hydrogen-bond acceptors (Lipinski definition) is 7. The van der Waals surface area contributed by atoms with Gasteiger partial charge in [0.1, 0.15) is 0 Å². The molecule has 0 radical (unpaired) electrons. The Morgan fingerprint density at radius 1 is 1.29 bits per heavy atom. The minimum Gasteiger partial charge on any atom is -0.389 e. The van der Waals surface area contributed by atoms with Crippen molar-refractivity contribution < 1.29 is 9.84 Å². The molecule has 0 saturated carbocycles. The van der Waals surface area contributed by atoms with Crippen LogP contribution in [0, 0.1) is 0 Å². The summed E-state index contributed by atoms with van der Waals surface area (Å²) in [7, 11) is 2.93. The van der Waals surface area contributed by atoms with E-state index in [9.17, 15) is 14.7 Å². The van der Waals surface area contributed by atoms with Crippen LogP contribution in [-0.4, -0.2) is 48.8 Å². The number of anilines is 1. The predicted octanol–water partition coefficient (Wildman–Crippen LogP) is 0.833. The SMILES string of the molecule is C=CCOC[C@@H](O)Cn1c(N/N=C(/C)c2ccccc2)nc2c1c(=O)n(C)c(=O)n2C. The molecule has 0 saturated heterocycles. The van der Waals surface area contributed by atoms with Gasteiger partial charge in [-0.15, -0.1) is 6.58 Å². The number of ether oxygens (including phenoxy) is 1. The molecule has 0 bridgehead atoms. The van der Waals surface area contributed by atoms with Crippen LogP contribution in [0.15, 0.2) is 57.7 Å². The molecule has 2 aromatic heterocycles. The van der Waals surface area contributed by atoms with Gasteiger partial charge in [-0.2, -0.15) is 10.1 Å². The van der Waals surface area contributed by atoms with Crippen LogP contribution in [-0.2, 0) is 25.4 Å². The average molecular weight is 426 g/mol. The van der Waals surface area contributed by atoms with Crippen molar-refractivity contribution in [2.24, 2.45) is 19.2 Å². The van der Waals surface area contributed by atoms with Gasteiger partial charge in [-0.25, -0.2) is 10.2 Å². The molecule has 0 unspecified atom stereocenters. The zero-order valence-electron chi connectivity index (χ0n) is 17.8. The number of aromatic nitrogens is 4. The highest BCUT2D eigenvalue weighted by molar-refractivity contribution is 5.99. The van der Waals surface area contributed by atoms with Gasteiger partial charge in [-0.05, 0) is 12.5 Å². The minimum absolute atomic E-state index is 0.0172. The number of rotatable bonds is 9. The minimum atomic E-state index is -0.918. The van der Waals surface area contributed by atoms with Crippen LogP contribution in [0.5, 0.6) is 0 Å². The van der Waals surface area contributed by atoms with Crippen molar-refractivity contribution in [3.8, 4) is 0 Å². The number of fused-ring (bicyclic) bond motifs is 1. The monoisotopic (exact) mass is 426 g/mol. The highest BCUT2D eigenvalue weighted by Gasteiger charge is 2.21. The summed E-state index contributed by atoms with van der Waals surface area (Å²) in [5, 5.41) is 14.8. The molecule has 0 aliphatic heterocycles. The Morgan fingerprint density at radius 3 is 2.68 bits per heavy atom. The lowest BCUT2D eigenvalue weighted by Crippen LogP contribution is -2.38. The molecule has 164 valence electrons. The topological polar surface area (TPSA) is 116 Å².